The summed E-state index contributed by atoms with van der Waals surface area (Å²) in [7, 11) is 4.77. The molecule has 1 aromatic carbocycles. The topological polar surface area (TPSA) is 46.6 Å². The summed E-state index contributed by atoms with van der Waals surface area (Å²) in [6.07, 6.45) is 0. The number of methoxy groups -OCH3 is 1. The van der Waals surface area contributed by atoms with E-state index in [0.717, 1.165) is 5.56 Å². The van der Waals surface area contributed by atoms with Crippen LogP contribution in [0.25, 0.3) is 0 Å². The van der Waals surface area contributed by atoms with Gasteiger partial charge in [0.1, 0.15) is 0 Å². The minimum Gasteiger partial charge on any atom is -0.465 e. The van der Waals surface area contributed by atoms with Gasteiger partial charge in [-0.05, 0) is 31.5 Å². The monoisotopic (exact) mass is 249 g/mol. The first-order valence-corrected chi connectivity index (χ1v) is 5.71. The SMILES string of the molecule is COC(=O)c1cccc(C(C)(C)C(=O)N(C)C)c1. The van der Waals surface area contributed by atoms with Gasteiger partial charge in [0.05, 0.1) is 18.1 Å². The van der Waals surface area contributed by atoms with Crippen LogP contribution in [0.1, 0.15) is 29.8 Å². The lowest BCUT2D eigenvalue weighted by Crippen LogP contribution is -2.39. The van der Waals surface area contributed by atoms with Crippen molar-refractivity contribution in [2.24, 2.45) is 0 Å². The maximum Gasteiger partial charge on any atom is 0.337 e. The lowest BCUT2D eigenvalue weighted by Gasteiger charge is -2.27. The zero-order valence-electron chi connectivity index (χ0n) is 11.5. The first kappa shape index (κ1) is 14.2. The molecule has 0 radical (unpaired) electrons. The fraction of sp³-hybridized carbons (Fsp3) is 0.429. The van der Waals surface area contributed by atoms with Gasteiger partial charge in [-0.25, -0.2) is 4.79 Å². The van der Waals surface area contributed by atoms with Crippen molar-refractivity contribution in [2.45, 2.75) is 19.3 Å². The average molecular weight is 249 g/mol. The van der Waals surface area contributed by atoms with Crippen molar-refractivity contribution in [1.82, 2.24) is 4.90 Å². The zero-order valence-corrected chi connectivity index (χ0v) is 11.5. The molecule has 1 amide bonds. The van der Waals surface area contributed by atoms with Gasteiger partial charge in [-0.1, -0.05) is 12.1 Å². The summed E-state index contributed by atoms with van der Waals surface area (Å²) >= 11 is 0. The molecule has 0 aliphatic rings. The molecular formula is C14H19NO3. The van der Waals surface area contributed by atoms with Gasteiger partial charge in [0.15, 0.2) is 0 Å². The van der Waals surface area contributed by atoms with Crippen LogP contribution in [0.3, 0.4) is 0 Å². The van der Waals surface area contributed by atoms with E-state index in [-0.39, 0.29) is 5.91 Å². The van der Waals surface area contributed by atoms with Gasteiger partial charge < -0.3 is 9.64 Å². The minimum atomic E-state index is -0.673. The van der Waals surface area contributed by atoms with Crippen LogP contribution in [0.5, 0.6) is 0 Å². The van der Waals surface area contributed by atoms with E-state index in [9.17, 15) is 9.59 Å². The number of likely N-dealkylation sites (N-methyl/N-ethyl adjacent to an activating group) is 1. The number of hydrogen-bond donors (Lipinski definition) is 0. The molecule has 0 saturated carbocycles. The molecule has 0 aromatic heterocycles. The number of hydrogen-bond acceptors (Lipinski definition) is 3. The molecule has 1 aromatic rings. The molecule has 98 valence electrons. The maximum atomic E-state index is 12.1. The van der Waals surface area contributed by atoms with E-state index in [0.29, 0.717) is 5.56 Å². The van der Waals surface area contributed by atoms with Gasteiger partial charge in [-0.3, -0.25) is 4.79 Å². The second-order valence-corrected chi connectivity index (χ2v) is 4.90. The summed E-state index contributed by atoms with van der Waals surface area (Å²) in [5.41, 5.74) is 0.576. The van der Waals surface area contributed by atoms with E-state index in [2.05, 4.69) is 4.74 Å². The third-order valence-corrected chi connectivity index (χ3v) is 2.95. The highest BCUT2D eigenvalue weighted by molar-refractivity contribution is 5.91. The number of nitrogens with zero attached hydrogens (tertiary/aromatic N) is 1. The Balaban J connectivity index is 3.17. The predicted octanol–water partition coefficient (Wildman–Crippen LogP) is 1.84. The summed E-state index contributed by atoms with van der Waals surface area (Å²) in [5.74, 6) is -0.408. The van der Waals surface area contributed by atoms with Crippen LogP contribution >= 0.6 is 0 Å². The van der Waals surface area contributed by atoms with Gasteiger partial charge in [0.25, 0.3) is 0 Å². The summed E-state index contributed by atoms with van der Waals surface area (Å²) in [4.78, 5) is 25.2. The lowest BCUT2D eigenvalue weighted by molar-refractivity contribution is -0.133. The highest BCUT2D eigenvalue weighted by Crippen LogP contribution is 2.26. The van der Waals surface area contributed by atoms with Crippen molar-refractivity contribution >= 4 is 11.9 Å². The van der Waals surface area contributed by atoms with Crippen LogP contribution in [0.15, 0.2) is 24.3 Å². The third kappa shape index (κ3) is 2.70. The van der Waals surface area contributed by atoms with Crippen molar-refractivity contribution < 1.29 is 14.3 Å². The molecule has 0 saturated heterocycles. The van der Waals surface area contributed by atoms with E-state index < -0.39 is 11.4 Å². The quantitative estimate of drug-likeness (QED) is 0.768. The maximum absolute atomic E-state index is 12.1. The molecule has 1 rings (SSSR count). The zero-order chi connectivity index (χ0) is 13.9. The van der Waals surface area contributed by atoms with Crippen molar-refractivity contribution in [3.8, 4) is 0 Å². The number of rotatable bonds is 3. The second-order valence-electron chi connectivity index (χ2n) is 4.90. The van der Waals surface area contributed by atoms with Crippen LogP contribution in [-0.4, -0.2) is 38.0 Å². The fourth-order valence-electron chi connectivity index (χ4n) is 1.84. The Morgan fingerprint density at radius 2 is 1.83 bits per heavy atom. The van der Waals surface area contributed by atoms with E-state index in [1.807, 2.05) is 19.9 Å². The normalized spacial score (nSPS) is 10.9. The number of carbonyl (C=O) groups excluding carboxylic acids is 2. The number of esters is 1. The van der Waals surface area contributed by atoms with E-state index >= 15 is 0 Å². The molecule has 0 N–H and O–H groups in total. The van der Waals surface area contributed by atoms with Gasteiger partial charge in [0.2, 0.25) is 5.91 Å². The van der Waals surface area contributed by atoms with Gasteiger partial charge in [-0.15, -0.1) is 0 Å². The Labute approximate surface area is 108 Å². The van der Waals surface area contributed by atoms with Crippen LogP contribution in [0.4, 0.5) is 0 Å². The van der Waals surface area contributed by atoms with Crippen molar-refractivity contribution in [3.63, 3.8) is 0 Å². The summed E-state index contributed by atoms with van der Waals surface area (Å²) in [6.45, 7) is 3.68. The third-order valence-electron chi connectivity index (χ3n) is 2.95. The second kappa shape index (κ2) is 5.21. The lowest BCUT2D eigenvalue weighted by atomic mass is 9.82. The summed E-state index contributed by atoms with van der Waals surface area (Å²) < 4.78 is 4.68. The first-order chi connectivity index (χ1) is 8.30. The summed E-state index contributed by atoms with van der Waals surface area (Å²) in [5, 5.41) is 0. The smallest absolute Gasteiger partial charge is 0.337 e. The highest BCUT2D eigenvalue weighted by Gasteiger charge is 2.31. The molecule has 4 nitrogen and oxygen atoms in total. The Hall–Kier alpha value is -1.84. The summed E-state index contributed by atoms with van der Waals surface area (Å²) in [6, 6.07) is 6.97. The van der Waals surface area contributed by atoms with Crippen LogP contribution < -0.4 is 0 Å². The van der Waals surface area contributed by atoms with E-state index in [4.69, 9.17) is 0 Å². The molecule has 0 fully saturated rings. The van der Waals surface area contributed by atoms with E-state index in [1.165, 1.54) is 7.11 Å². The molecule has 0 aliphatic heterocycles. The Bertz CT molecular complexity index is 464. The van der Waals surface area contributed by atoms with Crippen molar-refractivity contribution in [1.29, 1.82) is 0 Å². The van der Waals surface area contributed by atoms with Crippen LogP contribution in [-0.2, 0) is 14.9 Å². The molecule has 4 heteroatoms. The molecule has 0 atom stereocenters. The standard InChI is InChI=1S/C14H19NO3/c1-14(2,13(17)15(3)4)11-8-6-7-10(9-11)12(16)18-5/h6-9H,1-5H3. The minimum absolute atomic E-state index is 0.00971. The molecule has 0 spiro atoms. The highest BCUT2D eigenvalue weighted by atomic mass is 16.5. The Morgan fingerprint density at radius 1 is 1.22 bits per heavy atom. The Morgan fingerprint density at radius 3 is 2.33 bits per heavy atom. The fourth-order valence-corrected chi connectivity index (χ4v) is 1.84. The number of amides is 1. The largest absolute Gasteiger partial charge is 0.465 e. The predicted molar refractivity (Wildman–Crippen MR) is 69.5 cm³/mol. The van der Waals surface area contributed by atoms with Crippen LogP contribution in [0.2, 0.25) is 0 Å². The van der Waals surface area contributed by atoms with Gasteiger partial charge >= 0.3 is 5.97 Å². The van der Waals surface area contributed by atoms with Gasteiger partial charge in [0, 0.05) is 14.1 Å². The van der Waals surface area contributed by atoms with E-state index in [1.54, 1.807) is 37.2 Å². The van der Waals surface area contributed by atoms with Crippen molar-refractivity contribution in [2.75, 3.05) is 21.2 Å². The molecule has 0 bridgehead atoms. The Kier molecular flexibility index (Phi) is 4.11. The van der Waals surface area contributed by atoms with Gasteiger partial charge in [-0.2, -0.15) is 0 Å². The molecule has 18 heavy (non-hydrogen) atoms. The van der Waals surface area contributed by atoms with Crippen molar-refractivity contribution in [3.05, 3.63) is 35.4 Å². The van der Waals surface area contributed by atoms with Crippen LogP contribution in [0, 0.1) is 0 Å². The first-order valence-electron chi connectivity index (χ1n) is 5.71. The molecular weight excluding hydrogens is 230 g/mol. The number of carbonyl (C=O) groups is 2. The number of benzene rings is 1. The molecule has 0 aliphatic carbocycles. The molecule has 0 heterocycles. The number of ether oxygens (including phenoxy) is 1. The average Bonchev–Trinajstić information content (AvgIpc) is 2.36. The molecule has 0 unspecified atom stereocenters.